The summed E-state index contributed by atoms with van der Waals surface area (Å²) in [6, 6.07) is 8.92. The number of benzene rings is 2. The fourth-order valence-corrected chi connectivity index (χ4v) is 4.70. The van der Waals surface area contributed by atoms with Crippen LogP contribution in [0.2, 0.25) is 5.02 Å². The lowest BCUT2D eigenvalue weighted by molar-refractivity contribution is -0.129. The second-order valence-corrected chi connectivity index (χ2v) is 8.38. The maximum atomic E-state index is 13.6. The molecule has 2 aliphatic rings. The molecule has 2 atom stereocenters. The number of rotatable bonds is 5. The molecule has 0 fully saturated rings. The van der Waals surface area contributed by atoms with E-state index in [2.05, 4.69) is 20.8 Å². The van der Waals surface area contributed by atoms with Crippen molar-refractivity contribution in [2.75, 3.05) is 19.5 Å². The van der Waals surface area contributed by atoms with Gasteiger partial charge in [-0.1, -0.05) is 30.7 Å². The number of tetrazole rings is 1. The molecule has 1 aliphatic carbocycles. The number of methoxy groups -OCH3 is 2. The zero-order chi connectivity index (χ0) is 24.0. The zero-order valence-electron chi connectivity index (χ0n) is 18.5. The Morgan fingerprint density at radius 3 is 2.65 bits per heavy atom. The fourth-order valence-electron chi connectivity index (χ4n) is 4.44. The summed E-state index contributed by atoms with van der Waals surface area (Å²) >= 11 is 6.43. The van der Waals surface area contributed by atoms with E-state index in [1.54, 1.807) is 6.92 Å². The minimum Gasteiger partial charge on any atom is -0.496 e. The van der Waals surface area contributed by atoms with Crippen molar-refractivity contribution in [2.45, 2.75) is 18.9 Å². The van der Waals surface area contributed by atoms with Gasteiger partial charge in [0.05, 0.1) is 25.6 Å². The number of ether oxygens (including phenoxy) is 3. The molecule has 174 valence electrons. The van der Waals surface area contributed by atoms with Gasteiger partial charge in [-0.3, -0.25) is 9.59 Å². The largest absolute Gasteiger partial charge is 0.496 e. The quantitative estimate of drug-likeness (QED) is 0.548. The van der Waals surface area contributed by atoms with Crippen LogP contribution < -0.4 is 19.5 Å². The van der Waals surface area contributed by atoms with Crippen LogP contribution >= 0.6 is 11.6 Å². The summed E-state index contributed by atoms with van der Waals surface area (Å²) in [6.07, 6.45) is 3.25. The maximum Gasteiger partial charge on any atom is 0.236 e. The molecule has 1 spiro atoms. The molecular weight excluding hydrogens is 462 g/mol. The first-order valence-electron chi connectivity index (χ1n) is 10.4. The van der Waals surface area contributed by atoms with Crippen molar-refractivity contribution in [1.29, 1.82) is 0 Å². The number of halogens is 1. The maximum absolute atomic E-state index is 13.6. The summed E-state index contributed by atoms with van der Waals surface area (Å²) < 4.78 is 18.2. The summed E-state index contributed by atoms with van der Waals surface area (Å²) in [5.74, 6) is -0.842. The lowest BCUT2D eigenvalue weighted by Gasteiger charge is -2.35. The summed E-state index contributed by atoms with van der Waals surface area (Å²) in [7, 11) is 2.87. The number of anilines is 1. The Morgan fingerprint density at radius 1 is 1.21 bits per heavy atom. The Morgan fingerprint density at radius 2 is 1.97 bits per heavy atom. The van der Waals surface area contributed by atoms with E-state index < -0.39 is 23.1 Å². The first-order chi connectivity index (χ1) is 16.4. The molecule has 0 amide bonds. The SMILES string of the molecule is COc1cc(OC)c2c(c1Cl)O[C@@]1(C(=O)C=C(Nc3ccccc3-n3cnnn3)C[C@H]1C)C2=O. The molecule has 0 saturated carbocycles. The smallest absolute Gasteiger partial charge is 0.236 e. The minimum atomic E-state index is -1.73. The summed E-state index contributed by atoms with van der Waals surface area (Å²) in [5, 5.41) is 14.7. The Kier molecular flexibility index (Phi) is 5.24. The highest BCUT2D eigenvalue weighted by Gasteiger charge is 2.60. The van der Waals surface area contributed by atoms with Crippen LogP contribution in [0.3, 0.4) is 0 Å². The third-order valence-electron chi connectivity index (χ3n) is 6.11. The van der Waals surface area contributed by atoms with Crippen LogP contribution in [0, 0.1) is 5.92 Å². The van der Waals surface area contributed by atoms with Crippen molar-refractivity contribution < 1.29 is 23.8 Å². The molecule has 0 saturated heterocycles. The standard InChI is InChI=1S/C23H20ClN5O5/c1-12-8-13(26-14-6-4-5-7-15(14)29-11-25-27-28-29)9-18(30)23(12)22(31)19-16(32-2)10-17(33-3)20(24)21(19)34-23/h4-7,9-12,26H,8H2,1-3H3/t12-,23+/m1/s1. The topological polar surface area (TPSA) is 117 Å². The molecule has 3 aromatic rings. The Balaban J connectivity index is 1.51. The molecule has 34 heavy (non-hydrogen) atoms. The van der Waals surface area contributed by atoms with Crippen molar-refractivity contribution in [3.05, 3.63) is 59.0 Å². The van der Waals surface area contributed by atoms with Crippen LogP contribution in [0.25, 0.3) is 5.69 Å². The fraction of sp³-hybridized carbons (Fsp3) is 0.261. The first-order valence-corrected chi connectivity index (χ1v) is 10.8. The van der Waals surface area contributed by atoms with Gasteiger partial charge >= 0.3 is 0 Å². The third kappa shape index (κ3) is 3.13. The molecule has 2 aromatic carbocycles. The van der Waals surface area contributed by atoms with Gasteiger partial charge in [0, 0.05) is 23.8 Å². The van der Waals surface area contributed by atoms with Gasteiger partial charge in [0.25, 0.3) is 0 Å². The number of carbonyl (C=O) groups excluding carboxylic acids is 2. The second-order valence-electron chi connectivity index (χ2n) is 8.00. The molecule has 1 aliphatic heterocycles. The molecule has 2 heterocycles. The van der Waals surface area contributed by atoms with E-state index in [9.17, 15) is 9.59 Å². The first kappa shape index (κ1) is 21.9. The second kappa shape index (κ2) is 8.14. The number of aromatic nitrogens is 4. The lowest BCUT2D eigenvalue weighted by Crippen LogP contribution is -2.55. The minimum absolute atomic E-state index is 0.0944. The molecule has 10 nitrogen and oxygen atoms in total. The number of para-hydroxylation sites is 2. The van der Waals surface area contributed by atoms with Gasteiger partial charge in [-0.25, -0.2) is 0 Å². The van der Waals surface area contributed by atoms with Gasteiger partial charge in [-0.05, 0) is 29.0 Å². The normalized spacial score (nSPS) is 21.2. The van der Waals surface area contributed by atoms with E-state index in [0.717, 1.165) is 0 Å². The molecule has 1 aromatic heterocycles. The monoisotopic (exact) mass is 481 g/mol. The highest BCUT2D eigenvalue weighted by molar-refractivity contribution is 6.36. The van der Waals surface area contributed by atoms with Crippen LogP contribution in [0.4, 0.5) is 5.69 Å². The van der Waals surface area contributed by atoms with E-state index in [1.165, 1.54) is 37.4 Å². The van der Waals surface area contributed by atoms with Gasteiger partial charge < -0.3 is 19.5 Å². The molecule has 1 N–H and O–H groups in total. The number of hydrogen-bond acceptors (Lipinski definition) is 9. The number of nitrogens with one attached hydrogen (secondary N) is 1. The molecule has 5 rings (SSSR count). The molecule has 0 radical (unpaired) electrons. The van der Waals surface area contributed by atoms with Crippen LogP contribution in [0.5, 0.6) is 17.2 Å². The number of Topliss-reactive ketones (excluding diaryl/α,β-unsaturated/α-hetero) is 1. The van der Waals surface area contributed by atoms with E-state index >= 15 is 0 Å². The lowest BCUT2D eigenvalue weighted by atomic mass is 9.74. The van der Waals surface area contributed by atoms with Crippen molar-refractivity contribution in [1.82, 2.24) is 20.2 Å². The summed E-state index contributed by atoms with van der Waals surface area (Å²) in [4.78, 5) is 27.1. The Hall–Kier alpha value is -3.92. The molecule has 11 heteroatoms. The van der Waals surface area contributed by atoms with Crippen molar-refractivity contribution in [3.63, 3.8) is 0 Å². The number of nitrogens with zero attached hydrogens (tertiary/aromatic N) is 4. The van der Waals surface area contributed by atoms with Crippen LogP contribution in [-0.2, 0) is 4.79 Å². The summed E-state index contributed by atoms with van der Waals surface area (Å²) in [6.45, 7) is 1.79. The van der Waals surface area contributed by atoms with Crippen LogP contribution in [0.15, 0.2) is 48.4 Å². The zero-order valence-corrected chi connectivity index (χ0v) is 19.3. The van der Waals surface area contributed by atoms with Crippen LogP contribution in [-0.4, -0.2) is 51.6 Å². The van der Waals surface area contributed by atoms with E-state index in [0.29, 0.717) is 23.5 Å². The van der Waals surface area contributed by atoms with Crippen molar-refractivity contribution in [2.24, 2.45) is 5.92 Å². The van der Waals surface area contributed by atoms with E-state index in [1.807, 2.05) is 24.3 Å². The van der Waals surface area contributed by atoms with Gasteiger partial charge in [-0.2, -0.15) is 4.68 Å². The number of allylic oxidation sites excluding steroid dienone is 1. The van der Waals surface area contributed by atoms with Crippen molar-refractivity contribution >= 4 is 28.9 Å². The van der Waals surface area contributed by atoms with Gasteiger partial charge in [0.1, 0.15) is 28.4 Å². The van der Waals surface area contributed by atoms with Gasteiger partial charge in [-0.15, -0.1) is 5.10 Å². The highest BCUT2D eigenvalue weighted by atomic mass is 35.5. The molecular formula is C23H20ClN5O5. The van der Waals surface area contributed by atoms with Crippen molar-refractivity contribution in [3.8, 4) is 22.9 Å². The average molecular weight is 482 g/mol. The van der Waals surface area contributed by atoms with E-state index in [4.69, 9.17) is 25.8 Å². The number of fused-ring (bicyclic) bond motifs is 1. The molecule has 0 bridgehead atoms. The molecule has 0 unspecified atom stereocenters. The van der Waals surface area contributed by atoms with Crippen LogP contribution in [0.1, 0.15) is 23.7 Å². The number of carbonyl (C=O) groups is 2. The average Bonchev–Trinajstić information content (AvgIpc) is 3.47. The predicted octanol–water partition coefficient (Wildman–Crippen LogP) is 3.25. The summed E-state index contributed by atoms with van der Waals surface area (Å²) in [5.41, 5.74) is 0.451. The Labute approximate surface area is 199 Å². The highest BCUT2D eigenvalue weighted by Crippen LogP contribution is 2.53. The predicted molar refractivity (Wildman–Crippen MR) is 122 cm³/mol. The Bertz CT molecular complexity index is 1340. The third-order valence-corrected chi connectivity index (χ3v) is 6.46. The number of ketones is 2. The number of hydrogen-bond donors (Lipinski definition) is 1. The van der Waals surface area contributed by atoms with Gasteiger partial charge in [0.2, 0.25) is 17.2 Å². The van der Waals surface area contributed by atoms with Gasteiger partial charge in [0.15, 0.2) is 5.75 Å². The van der Waals surface area contributed by atoms with E-state index in [-0.39, 0.29) is 27.8 Å².